The van der Waals surface area contributed by atoms with E-state index < -0.39 is 35.5 Å². The zero-order valence-electron chi connectivity index (χ0n) is 18.1. The zero-order chi connectivity index (χ0) is 22.8. The molecule has 2 atom stereocenters. The molecule has 1 aliphatic carbocycles. The second-order valence-corrected chi connectivity index (χ2v) is 8.84. The number of aliphatic carboxylic acids is 1. The Hall–Kier alpha value is -3.35. The summed E-state index contributed by atoms with van der Waals surface area (Å²) in [5, 5.41) is 14.0. The van der Waals surface area contributed by atoms with Crippen LogP contribution in [0.5, 0.6) is 0 Å². The van der Waals surface area contributed by atoms with Gasteiger partial charge in [-0.1, -0.05) is 69.3 Å². The van der Waals surface area contributed by atoms with Crippen LogP contribution in [0.1, 0.15) is 44.7 Å². The Morgan fingerprint density at radius 2 is 1.48 bits per heavy atom. The molecule has 0 saturated carbocycles. The molecule has 0 radical (unpaired) electrons. The number of carboxylic acids is 1. The zero-order valence-corrected chi connectivity index (χ0v) is 18.1. The van der Waals surface area contributed by atoms with E-state index >= 15 is 0 Å². The van der Waals surface area contributed by atoms with Gasteiger partial charge in [-0.25, -0.2) is 4.79 Å². The van der Waals surface area contributed by atoms with Gasteiger partial charge in [-0.2, -0.15) is 0 Å². The summed E-state index contributed by atoms with van der Waals surface area (Å²) in [7, 11) is 0. The first kappa shape index (κ1) is 22.3. The third kappa shape index (κ3) is 4.87. The summed E-state index contributed by atoms with van der Waals surface area (Å²) in [5.74, 6) is -1.81. The van der Waals surface area contributed by atoms with Gasteiger partial charge in [0.2, 0.25) is 5.91 Å². The molecule has 31 heavy (non-hydrogen) atoms. The van der Waals surface area contributed by atoms with Crippen molar-refractivity contribution in [3.8, 4) is 11.1 Å². The third-order valence-corrected chi connectivity index (χ3v) is 5.46. The summed E-state index contributed by atoms with van der Waals surface area (Å²) in [4.78, 5) is 36.2. The predicted octanol–water partition coefficient (Wildman–Crippen LogP) is 3.53. The standard InChI is InChI=1S/C24H28N2O5/c1-14(22(28)29)25-21(27)20(24(2,3)4)26-23(30)31-13-19-17-11-7-5-9-15(17)16-10-6-8-12-18(16)19/h5-12,14,19-20H,13H2,1-4H3,(H,25,27)(H,26,30)(H,28,29)/t14-,20-/m1/s1. The lowest BCUT2D eigenvalue weighted by Gasteiger charge is -2.30. The van der Waals surface area contributed by atoms with E-state index in [0.29, 0.717) is 0 Å². The van der Waals surface area contributed by atoms with Gasteiger partial charge < -0.3 is 20.5 Å². The number of ether oxygens (including phenoxy) is 1. The van der Waals surface area contributed by atoms with Crippen LogP contribution in [-0.2, 0) is 14.3 Å². The topological polar surface area (TPSA) is 105 Å². The minimum atomic E-state index is -1.15. The van der Waals surface area contributed by atoms with Crippen LogP contribution in [0.25, 0.3) is 11.1 Å². The summed E-state index contributed by atoms with van der Waals surface area (Å²) in [6.07, 6.45) is -0.722. The van der Waals surface area contributed by atoms with E-state index in [1.165, 1.54) is 6.92 Å². The molecule has 164 valence electrons. The highest BCUT2D eigenvalue weighted by atomic mass is 16.5. The first-order valence-corrected chi connectivity index (χ1v) is 10.2. The fraction of sp³-hybridized carbons (Fsp3) is 0.375. The number of carbonyl (C=O) groups is 3. The molecule has 0 unspecified atom stereocenters. The Morgan fingerprint density at radius 3 is 1.97 bits per heavy atom. The van der Waals surface area contributed by atoms with E-state index in [0.717, 1.165) is 22.3 Å². The average molecular weight is 424 g/mol. The van der Waals surface area contributed by atoms with Crippen molar-refractivity contribution < 1.29 is 24.2 Å². The van der Waals surface area contributed by atoms with Crippen molar-refractivity contribution in [2.24, 2.45) is 5.41 Å². The maximum Gasteiger partial charge on any atom is 0.407 e. The number of benzene rings is 2. The van der Waals surface area contributed by atoms with E-state index in [4.69, 9.17) is 9.84 Å². The minimum Gasteiger partial charge on any atom is -0.480 e. The van der Waals surface area contributed by atoms with Gasteiger partial charge in [0.05, 0.1) is 0 Å². The van der Waals surface area contributed by atoms with Gasteiger partial charge in [-0.15, -0.1) is 0 Å². The Labute approximate surface area is 181 Å². The number of rotatable bonds is 6. The molecule has 2 aromatic rings. The summed E-state index contributed by atoms with van der Waals surface area (Å²) in [5.41, 5.74) is 3.80. The van der Waals surface area contributed by atoms with Gasteiger partial charge in [0.25, 0.3) is 0 Å². The van der Waals surface area contributed by atoms with Crippen molar-refractivity contribution >= 4 is 18.0 Å². The first-order chi connectivity index (χ1) is 14.6. The van der Waals surface area contributed by atoms with Gasteiger partial charge >= 0.3 is 12.1 Å². The lowest BCUT2D eigenvalue weighted by atomic mass is 9.86. The highest BCUT2D eigenvalue weighted by molar-refractivity contribution is 5.89. The molecule has 0 fully saturated rings. The van der Waals surface area contributed by atoms with Crippen LogP contribution in [0.15, 0.2) is 48.5 Å². The normalized spacial score (nSPS) is 14.7. The molecule has 0 aromatic heterocycles. The van der Waals surface area contributed by atoms with Crippen LogP contribution in [-0.4, -0.2) is 41.8 Å². The minimum absolute atomic E-state index is 0.0907. The fourth-order valence-corrected chi connectivity index (χ4v) is 3.79. The SMILES string of the molecule is C[C@@H](NC(=O)[C@@H](NC(=O)OCC1c2ccccc2-c2ccccc21)C(C)(C)C)C(=O)O. The summed E-state index contributed by atoms with van der Waals surface area (Å²) in [6.45, 7) is 6.85. The predicted molar refractivity (Wildman–Crippen MR) is 117 cm³/mol. The van der Waals surface area contributed by atoms with Crippen LogP contribution >= 0.6 is 0 Å². The summed E-state index contributed by atoms with van der Waals surface area (Å²) >= 11 is 0. The van der Waals surface area contributed by atoms with Crippen molar-refractivity contribution in [1.82, 2.24) is 10.6 Å². The largest absolute Gasteiger partial charge is 0.480 e. The van der Waals surface area contributed by atoms with Gasteiger partial charge in [0.15, 0.2) is 0 Å². The van der Waals surface area contributed by atoms with Crippen molar-refractivity contribution in [3.63, 3.8) is 0 Å². The molecule has 0 bridgehead atoms. The van der Waals surface area contributed by atoms with Crippen molar-refractivity contribution in [1.29, 1.82) is 0 Å². The van der Waals surface area contributed by atoms with Gasteiger partial charge in [0.1, 0.15) is 18.7 Å². The molecule has 0 aliphatic heterocycles. The lowest BCUT2D eigenvalue weighted by Crippen LogP contribution is -2.56. The Kier molecular flexibility index (Phi) is 6.34. The fourth-order valence-electron chi connectivity index (χ4n) is 3.79. The molecule has 3 rings (SSSR count). The molecule has 0 heterocycles. The molecule has 2 amide bonds. The van der Waals surface area contributed by atoms with Gasteiger partial charge in [0, 0.05) is 5.92 Å². The molecular formula is C24H28N2O5. The Balaban J connectivity index is 1.70. The van der Waals surface area contributed by atoms with E-state index in [1.807, 2.05) is 36.4 Å². The average Bonchev–Trinajstić information content (AvgIpc) is 3.03. The molecule has 0 spiro atoms. The van der Waals surface area contributed by atoms with Gasteiger partial charge in [-0.05, 0) is 34.6 Å². The number of fused-ring (bicyclic) bond motifs is 3. The van der Waals surface area contributed by atoms with E-state index in [1.54, 1.807) is 20.8 Å². The Morgan fingerprint density at radius 1 is 0.968 bits per heavy atom. The van der Waals surface area contributed by atoms with Crippen LogP contribution < -0.4 is 10.6 Å². The van der Waals surface area contributed by atoms with Crippen LogP contribution in [0, 0.1) is 5.41 Å². The summed E-state index contributed by atoms with van der Waals surface area (Å²) in [6, 6.07) is 14.0. The number of carboxylic acid groups (broad SMARTS) is 1. The highest BCUT2D eigenvalue weighted by Gasteiger charge is 2.35. The molecule has 2 aromatic carbocycles. The monoisotopic (exact) mass is 424 g/mol. The second-order valence-electron chi connectivity index (χ2n) is 8.84. The van der Waals surface area contributed by atoms with Crippen LogP contribution in [0.2, 0.25) is 0 Å². The Bertz CT molecular complexity index is 950. The number of hydrogen-bond acceptors (Lipinski definition) is 4. The smallest absolute Gasteiger partial charge is 0.407 e. The molecule has 1 aliphatic rings. The van der Waals surface area contributed by atoms with Crippen LogP contribution in [0.3, 0.4) is 0 Å². The van der Waals surface area contributed by atoms with Crippen molar-refractivity contribution in [3.05, 3.63) is 59.7 Å². The number of alkyl carbamates (subject to hydrolysis) is 1. The molecule has 0 saturated heterocycles. The van der Waals surface area contributed by atoms with Crippen molar-refractivity contribution in [2.75, 3.05) is 6.61 Å². The van der Waals surface area contributed by atoms with E-state index in [-0.39, 0.29) is 12.5 Å². The number of carbonyl (C=O) groups excluding carboxylic acids is 2. The van der Waals surface area contributed by atoms with E-state index in [2.05, 4.69) is 22.8 Å². The lowest BCUT2D eigenvalue weighted by molar-refractivity contribution is -0.142. The number of amides is 2. The number of nitrogens with one attached hydrogen (secondary N) is 2. The molecule has 7 nitrogen and oxygen atoms in total. The quantitative estimate of drug-likeness (QED) is 0.658. The molecular weight excluding hydrogens is 396 g/mol. The van der Waals surface area contributed by atoms with E-state index in [9.17, 15) is 14.4 Å². The first-order valence-electron chi connectivity index (χ1n) is 10.2. The highest BCUT2D eigenvalue weighted by Crippen LogP contribution is 2.44. The number of hydrogen-bond donors (Lipinski definition) is 3. The van der Waals surface area contributed by atoms with Crippen molar-refractivity contribution in [2.45, 2.75) is 45.7 Å². The van der Waals surface area contributed by atoms with Gasteiger partial charge in [-0.3, -0.25) is 9.59 Å². The maximum atomic E-state index is 12.6. The second kappa shape index (κ2) is 8.79. The molecule has 3 N–H and O–H groups in total. The maximum absolute atomic E-state index is 12.6. The molecule has 7 heteroatoms. The third-order valence-electron chi connectivity index (χ3n) is 5.46. The summed E-state index contributed by atoms with van der Waals surface area (Å²) < 4.78 is 5.52. The van der Waals surface area contributed by atoms with Crippen LogP contribution in [0.4, 0.5) is 4.79 Å².